The van der Waals surface area contributed by atoms with Gasteiger partial charge in [0.15, 0.2) is 0 Å². The van der Waals surface area contributed by atoms with E-state index < -0.39 is 18.0 Å². The number of aliphatic hydroxyl groups excluding tert-OH is 1. The van der Waals surface area contributed by atoms with Crippen molar-refractivity contribution in [2.75, 3.05) is 7.11 Å². The summed E-state index contributed by atoms with van der Waals surface area (Å²) in [4.78, 5) is 0. The Morgan fingerprint density at radius 2 is 2.19 bits per heavy atom. The molecule has 0 amide bonds. The average molecular weight is 225 g/mol. The van der Waals surface area contributed by atoms with E-state index >= 15 is 0 Å². The fraction of sp³-hybridized carbons (Fsp3) is 0.500. The van der Waals surface area contributed by atoms with E-state index in [9.17, 15) is 9.50 Å². The molecule has 1 aromatic carbocycles. The van der Waals surface area contributed by atoms with E-state index in [0.29, 0.717) is 11.3 Å². The lowest BCUT2D eigenvalue weighted by atomic mass is 9.98. The number of halogens is 1. The lowest BCUT2D eigenvalue weighted by Gasteiger charge is -2.19. The fourth-order valence-corrected chi connectivity index (χ4v) is 1.82. The zero-order valence-corrected chi connectivity index (χ0v) is 9.19. The number of nitrogens with two attached hydrogens (primary N) is 1. The Labute approximate surface area is 94.0 Å². The van der Waals surface area contributed by atoms with Gasteiger partial charge in [-0.3, -0.25) is 0 Å². The van der Waals surface area contributed by atoms with Crippen molar-refractivity contribution in [3.63, 3.8) is 0 Å². The topological polar surface area (TPSA) is 55.5 Å². The summed E-state index contributed by atoms with van der Waals surface area (Å²) in [6, 6.07) is 3.86. The molecule has 3 N–H and O–H groups in total. The third-order valence-corrected chi connectivity index (χ3v) is 3.04. The maximum Gasteiger partial charge on any atom is 0.131 e. The highest BCUT2D eigenvalue weighted by Gasteiger charge is 2.35. The van der Waals surface area contributed by atoms with Crippen molar-refractivity contribution in [2.24, 2.45) is 11.7 Å². The molecule has 4 heteroatoms. The van der Waals surface area contributed by atoms with Gasteiger partial charge in [-0.1, -0.05) is 6.07 Å². The van der Waals surface area contributed by atoms with E-state index in [1.54, 1.807) is 12.1 Å². The van der Waals surface area contributed by atoms with Gasteiger partial charge in [-0.05, 0) is 24.8 Å². The fourth-order valence-electron chi connectivity index (χ4n) is 1.82. The van der Waals surface area contributed by atoms with Gasteiger partial charge in [0, 0.05) is 11.6 Å². The molecule has 1 fully saturated rings. The highest BCUT2D eigenvalue weighted by molar-refractivity contribution is 5.31. The molecule has 0 saturated heterocycles. The smallest absolute Gasteiger partial charge is 0.131 e. The van der Waals surface area contributed by atoms with Crippen molar-refractivity contribution in [2.45, 2.75) is 25.0 Å². The van der Waals surface area contributed by atoms with Crippen LogP contribution in [0.3, 0.4) is 0 Å². The minimum Gasteiger partial charge on any atom is -0.497 e. The van der Waals surface area contributed by atoms with Gasteiger partial charge in [-0.25, -0.2) is 4.39 Å². The molecular weight excluding hydrogens is 209 g/mol. The first kappa shape index (κ1) is 11.4. The van der Waals surface area contributed by atoms with Crippen molar-refractivity contribution < 1.29 is 14.2 Å². The van der Waals surface area contributed by atoms with Crippen LogP contribution in [0, 0.1) is 11.7 Å². The van der Waals surface area contributed by atoms with Crippen molar-refractivity contribution in [3.8, 4) is 5.75 Å². The normalized spacial score (nSPS) is 19.2. The Morgan fingerprint density at radius 3 is 2.69 bits per heavy atom. The molecule has 0 bridgehead atoms. The molecule has 1 aliphatic carbocycles. The third-order valence-electron chi connectivity index (χ3n) is 3.04. The van der Waals surface area contributed by atoms with E-state index in [-0.39, 0.29) is 5.92 Å². The number of hydrogen-bond acceptors (Lipinski definition) is 3. The van der Waals surface area contributed by atoms with E-state index in [2.05, 4.69) is 0 Å². The average Bonchev–Trinajstić information content (AvgIpc) is 3.10. The maximum atomic E-state index is 13.7. The molecule has 88 valence electrons. The molecule has 3 nitrogen and oxygen atoms in total. The Kier molecular flexibility index (Phi) is 3.12. The van der Waals surface area contributed by atoms with Crippen LogP contribution in [0.15, 0.2) is 18.2 Å². The molecular formula is C12H16FNO2. The number of ether oxygens (including phenoxy) is 1. The van der Waals surface area contributed by atoms with Gasteiger partial charge < -0.3 is 15.6 Å². The second-order valence-corrected chi connectivity index (χ2v) is 4.24. The van der Waals surface area contributed by atoms with Gasteiger partial charge in [0.1, 0.15) is 11.6 Å². The molecule has 0 aromatic heterocycles. The lowest BCUT2D eigenvalue weighted by Crippen LogP contribution is -2.28. The molecule has 1 aliphatic rings. The van der Waals surface area contributed by atoms with Gasteiger partial charge in [-0.2, -0.15) is 0 Å². The van der Waals surface area contributed by atoms with E-state index in [1.165, 1.54) is 13.2 Å². The first-order valence-electron chi connectivity index (χ1n) is 5.40. The molecule has 0 radical (unpaired) electrons. The summed E-state index contributed by atoms with van der Waals surface area (Å²) < 4.78 is 18.6. The predicted octanol–water partition coefficient (Wildman–Crippen LogP) is 1.60. The van der Waals surface area contributed by atoms with Crippen molar-refractivity contribution in [3.05, 3.63) is 29.6 Å². The van der Waals surface area contributed by atoms with E-state index in [4.69, 9.17) is 10.5 Å². The van der Waals surface area contributed by atoms with Crippen LogP contribution < -0.4 is 10.5 Å². The third kappa shape index (κ3) is 2.18. The Bertz CT molecular complexity index is 379. The summed E-state index contributed by atoms with van der Waals surface area (Å²) in [5.41, 5.74) is 6.19. The summed E-state index contributed by atoms with van der Waals surface area (Å²) in [6.45, 7) is 0. The van der Waals surface area contributed by atoms with Crippen LogP contribution in [-0.2, 0) is 0 Å². The molecule has 0 unspecified atom stereocenters. The molecule has 16 heavy (non-hydrogen) atoms. The van der Waals surface area contributed by atoms with Gasteiger partial charge in [-0.15, -0.1) is 0 Å². The summed E-state index contributed by atoms with van der Waals surface area (Å²) in [5, 5.41) is 9.84. The SMILES string of the molecule is COc1ccc([C@H](N)[C@H](O)C2CC2)c(F)c1. The summed E-state index contributed by atoms with van der Waals surface area (Å²) >= 11 is 0. The van der Waals surface area contributed by atoms with Gasteiger partial charge in [0.2, 0.25) is 0 Å². The zero-order valence-electron chi connectivity index (χ0n) is 9.19. The first-order valence-corrected chi connectivity index (χ1v) is 5.40. The van der Waals surface area contributed by atoms with Crippen LogP contribution in [0.5, 0.6) is 5.75 Å². The minimum atomic E-state index is -0.654. The Morgan fingerprint density at radius 1 is 1.50 bits per heavy atom. The number of hydrogen-bond donors (Lipinski definition) is 2. The number of methoxy groups -OCH3 is 1. The van der Waals surface area contributed by atoms with Crippen LogP contribution in [0.1, 0.15) is 24.4 Å². The highest BCUT2D eigenvalue weighted by Crippen LogP contribution is 2.37. The second-order valence-electron chi connectivity index (χ2n) is 4.24. The van der Waals surface area contributed by atoms with Crippen molar-refractivity contribution in [1.82, 2.24) is 0 Å². The van der Waals surface area contributed by atoms with Crippen molar-refractivity contribution >= 4 is 0 Å². The van der Waals surface area contributed by atoms with E-state index in [1.807, 2.05) is 0 Å². The Hall–Kier alpha value is -1.13. The summed E-state index contributed by atoms with van der Waals surface area (Å²) in [5.74, 6) is 0.261. The number of benzene rings is 1. The van der Waals surface area contributed by atoms with Crippen molar-refractivity contribution in [1.29, 1.82) is 0 Å². The molecule has 1 aromatic rings. The predicted molar refractivity (Wildman–Crippen MR) is 58.6 cm³/mol. The van der Waals surface area contributed by atoms with Crippen LogP contribution in [0.4, 0.5) is 4.39 Å². The van der Waals surface area contributed by atoms with Gasteiger partial charge in [0.25, 0.3) is 0 Å². The molecule has 0 spiro atoms. The zero-order chi connectivity index (χ0) is 11.7. The van der Waals surface area contributed by atoms with Crippen LogP contribution >= 0.6 is 0 Å². The molecule has 0 heterocycles. The quantitative estimate of drug-likeness (QED) is 0.818. The molecule has 1 saturated carbocycles. The minimum absolute atomic E-state index is 0.233. The molecule has 0 aliphatic heterocycles. The molecule has 2 rings (SSSR count). The Balaban J connectivity index is 2.18. The highest BCUT2D eigenvalue weighted by atomic mass is 19.1. The lowest BCUT2D eigenvalue weighted by molar-refractivity contribution is 0.121. The van der Waals surface area contributed by atoms with Gasteiger partial charge in [0.05, 0.1) is 19.3 Å². The molecule has 2 atom stereocenters. The number of aliphatic hydroxyl groups is 1. The maximum absolute atomic E-state index is 13.7. The van der Waals surface area contributed by atoms with E-state index in [0.717, 1.165) is 12.8 Å². The largest absolute Gasteiger partial charge is 0.497 e. The van der Waals surface area contributed by atoms with Crippen LogP contribution in [0.2, 0.25) is 0 Å². The summed E-state index contributed by atoms with van der Waals surface area (Å²) in [7, 11) is 1.48. The second kappa shape index (κ2) is 4.39. The standard InChI is InChI=1S/C12H16FNO2/c1-16-8-4-5-9(10(13)6-8)11(14)12(15)7-2-3-7/h4-7,11-12,15H,2-3,14H2,1H3/t11-,12+/m0/s1. The first-order chi connectivity index (χ1) is 7.63. The summed E-state index contributed by atoms with van der Waals surface area (Å²) in [6.07, 6.45) is 1.31. The van der Waals surface area contributed by atoms with Crippen LogP contribution in [0.25, 0.3) is 0 Å². The van der Waals surface area contributed by atoms with Gasteiger partial charge >= 0.3 is 0 Å². The monoisotopic (exact) mass is 225 g/mol. The van der Waals surface area contributed by atoms with Crippen LogP contribution in [-0.4, -0.2) is 18.3 Å². The number of rotatable bonds is 4.